The minimum atomic E-state index is -1.21. The Morgan fingerprint density at radius 3 is 2.30 bits per heavy atom. The van der Waals surface area contributed by atoms with Crippen molar-refractivity contribution in [1.82, 2.24) is 5.32 Å². The van der Waals surface area contributed by atoms with Crippen LogP contribution >= 0.6 is 0 Å². The summed E-state index contributed by atoms with van der Waals surface area (Å²) in [4.78, 5) is 24.0. The summed E-state index contributed by atoms with van der Waals surface area (Å²) in [5.74, 6) is -2.03. The van der Waals surface area contributed by atoms with Crippen LogP contribution in [0.3, 0.4) is 0 Å². The highest BCUT2D eigenvalue weighted by Gasteiger charge is 2.36. The second-order valence-corrected chi connectivity index (χ2v) is 4.70. The summed E-state index contributed by atoms with van der Waals surface area (Å²) in [6, 6.07) is 3.97. The topological polar surface area (TPSA) is 95.9 Å². The van der Waals surface area contributed by atoms with E-state index in [2.05, 4.69) is 10.1 Å². The fourth-order valence-electron chi connectivity index (χ4n) is 2.01. The Labute approximate surface area is 117 Å². The zero-order chi connectivity index (χ0) is 15.3. The lowest BCUT2D eigenvalue weighted by Gasteiger charge is -2.27. The highest BCUT2D eigenvalue weighted by Crippen LogP contribution is 2.27. The number of benzene rings is 1. The van der Waals surface area contributed by atoms with Crippen molar-refractivity contribution in [1.29, 1.82) is 0 Å². The standard InChI is InChI=1S/C14H19NO5/c1-4-8-14(2,13(19)20-3)15-12(18)11-9(16)6-5-7-10(11)17/h5-7,16-17H,4,8H2,1-3H3,(H,15,18). The maximum absolute atomic E-state index is 12.2. The van der Waals surface area contributed by atoms with Gasteiger partial charge in [-0.2, -0.15) is 0 Å². The Kier molecular flexibility index (Phi) is 4.96. The normalized spacial score (nSPS) is 13.3. The van der Waals surface area contributed by atoms with Crippen LogP contribution in [0.5, 0.6) is 11.5 Å². The number of hydrogen-bond donors (Lipinski definition) is 3. The third kappa shape index (κ3) is 3.20. The Balaban J connectivity index is 3.06. The average Bonchev–Trinajstić information content (AvgIpc) is 2.37. The van der Waals surface area contributed by atoms with Gasteiger partial charge in [0.15, 0.2) is 0 Å². The fourth-order valence-corrected chi connectivity index (χ4v) is 2.01. The van der Waals surface area contributed by atoms with Gasteiger partial charge in [0.1, 0.15) is 22.6 Å². The first-order valence-corrected chi connectivity index (χ1v) is 6.27. The first kappa shape index (κ1) is 15.8. The Hall–Kier alpha value is -2.24. The molecule has 0 spiro atoms. The van der Waals surface area contributed by atoms with Crippen LogP contribution in [0.15, 0.2) is 18.2 Å². The Bertz CT molecular complexity index is 494. The summed E-state index contributed by atoms with van der Waals surface area (Å²) in [5.41, 5.74) is -1.48. The molecule has 0 fully saturated rings. The molecule has 3 N–H and O–H groups in total. The zero-order valence-corrected chi connectivity index (χ0v) is 11.8. The van der Waals surface area contributed by atoms with Crippen molar-refractivity contribution in [3.05, 3.63) is 23.8 Å². The average molecular weight is 281 g/mol. The molecule has 1 amide bonds. The van der Waals surface area contributed by atoms with Crippen LogP contribution in [0.2, 0.25) is 0 Å². The number of amides is 1. The predicted octanol–water partition coefficient (Wildman–Crippen LogP) is 1.56. The van der Waals surface area contributed by atoms with E-state index >= 15 is 0 Å². The Morgan fingerprint density at radius 2 is 1.85 bits per heavy atom. The maximum atomic E-state index is 12.2. The highest BCUT2D eigenvalue weighted by atomic mass is 16.5. The molecule has 110 valence electrons. The quantitative estimate of drug-likeness (QED) is 0.712. The molecule has 0 radical (unpaired) electrons. The van der Waals surface area contributed by atoms with Gasteiger partial charge in [-0.1, -0.05) is 19.4 Å². The molecule has 20 heavy (non-hydrogen) atoms. The molecule has 0 saturated heterocycles. The lowest BCUT2D eigenvalue weighted by molar-refractivity contribution is -0.147. The summed E-state index contributed by atoms with van der Waals surface area (Å²) < 4.78 is 4.69. The number of rotatable bonds is 5. The highest BCUT2D eigenvalue weighted by molar-refractivity contribution is 6.02. The van der Waals surface area contributed by atoms with Gasteiger partial charge in [-0.3, -0.25) is 4.79 Å². The van der Waals surface area contributed by atoms with E-state index in [4.69, 9.17) is 0 Å². The van der Waals surface area contributed by atoms with Crippen molar-refractivity contribution in [3.8, 4) is 11.5 Å². The van der Waals surface area contributed by atoms with Crippen LogP contribution in [-0.4, -0.2) is 34.7 Å². The van der Waals surface area contributed by atoms with Gasteiger partial charge >= 0.3 is 5.97 Å². The van der Waals surface area contributed by atoms with Crippen molar-refractivity contribution >= 4 is 11.9 Å². The summed E-state index contributed by atoms with van der Waals surface area (Å²) in [6.45, 7) is 3.40. The summed E-state index contributed by atoms with van der Waals surface area (Å²) in [7, 11) is 1.24. The minimum Gasteiger partial charge on any atom is -0.507 e. The molecule has 0 saturated carbocycles. The van der Waals surface area contributed by atoms with Crippen molar-refractivity contribution in [2.24, 2.45) is 0 Å². The zero-order valence-electron chi connectivity index (χ0n) is 11.8. The van der Waals surface area contributed by atoms with Crippen molar-refractivity contribution in [2.75, 3.05) is 7.11 Å². The fraction of sp³-hybridized carbons (Fsp3) is 0.429. The van der Waals surface area contributed by atoms with Gasteiger partial charge in [0.2, 0.25) is 0 Å². The molecule has 0 bridgehead atoms. The summed E-state index contributed by atoms with van der Waals surface area (Å²) >= 11 is 0. The molecule has 1 atom stereocenters. The van der Waals surface area contributed by atoms with E-state index in [1.165, 1.54) is 32.2 Å². The van der Waals surface area contributed by atoms with Crippen molar-refractivity contribution < 1.29 is 24.5 Å². The number of phenols is 2. The molecular formula is C14H19NO5. The Morgan fingerprint density at radius 1 is 1.30 bits per heavy atom. The third-order valence-corrected chi connectivity index (χ3v) is 3.02. The SMILES string of the molecule is CCCC(C)(NC(=O)c1c(O)cccc1O)C(=O)OC. The summed E-state index contributed by atoms with van der Waals surface area (Å²) in [5, 5.41) is 21.8. The van der Waals surface area contributed by atoms with Crippen LogP contribution in [0.25, 0.3) is 0 Å². The van der Waals surface area contributed by atoms with E-state index < -0.39 is 17.4 Å². The number of methoxy groups -OCH3 is 1. The smallest absolute Gasteiger partial charge is 0.331 e. The predicted molar refractivity (Wildman–Crippen MR) is 72.6 cm³/mol. The molecule has 6 heteroatoms. The second kappa shape index (κ2) is 6.27. The third-order valence-electron chi connectivity index (χ3n) is 3.02. The lowest BCUT2D eigenvalue weighted by atomic mass is 9.95. The molecule has 0 aliphatic carbocycles. The molecule has 1 aromatic rings. The van der Waals surface area contributed by atoms with Crippen LogP contribution in [-0.2, 0) is 9.53 Å². The second-order valence-electron chi connectivity index (χ2n) is 4.70. The number of ether oxygens (including phenoxy) is 1. The number of esters is 1. The number of carbonyl (C=O) groups excluding carboxylic acids is 2. The van der Waals surface area contributed by atoms with Crippen LogP contribution in [0.4, 0.5) is 0 Å². The van der Waals surface area contributed by atoms with Gasteiger partial charge in [-0.15, -0.1) is 0 Å². The molecule has 0 aromatic heterocycles. The maximum Gasteiger partial charge on any atom is 0.331 e. The van der Waals surface area contributed by atoms with E-state index in [1.54, 1.807) is 0 Å². The number of phenolic OH excluding ortho intramolecular Hbond substituents is 2. The van der Waals surface area contributed by atoms with Crippen LogP contribution in [0.1, 0.15) is 37.0 Å². The molecule has 1 aromatic carbocycles. The first-order chi connectivity index (χ1) is 9.35. The van der Waals surface area contributed by atoms with E-state index in [9.17, 15) is 19.8 Å². The van der Waals surface area contributed by atoms with E-state index in [-0.39, 0.29) is 17.1 Å². The van der Waals surface area contributed by atoms with Crippen LogP contribution in [0, 0.1) is 0 Å². The number of carbonyl (C=O) groups is 2. The van der Waals surface area contributed by atoms with Crippen LogP contribution < -0.4 is 5.32 Å². The number of aromatic hydroxyl groups is 2. The monoisotopic (exact) mass is 281 g/mol. The molecule has 0 aliphatic heterocycles. The van der Waals surface area contributed by atoms with Gasteiger partial charge in [-0.05, 0) is 25.5 Å². The molecule has 0 aliphatic rings. The first-order valence-electron chi connectivity index (χ1n) is 6.27. The number of nitrogens with one attached hydrogen (secondary N) is 1. The van der Waals surface area contributed by atoms with Gasteiger partial charge in [0, 0.05) is 0 Å². The molecule has 6 nitrogen and oxygen atoms in total. The van der Waals surface area contributed by atoms with E-state index in [0.717, 1.165) is 0 Å². The molecule has 1 unspecified atom stereocenters. The molecule has 0 heterocycles. The van der Waals surface area contributed by atoms with E-state index in [0.29, 0.717) is 12.8 Å². The number of hydrogen-bond acceptors (Lipinski definition) is 5. The molecular weight excluding hydrogens is 262 g/mol. The largest absolute Gasteiger partial charge is 0.507 e. The minimum absolute atomic E-state index is 0.265. The van der Waals surface area contributed by atoms with Gasteiger partial charge in [0.25, 0.3) is 5.91 Å². The molecule has 1 rings (SSSR count). The van der Waals surface area contributed by atoms with Crippen molar-refractivity contribution in [2.45, 2.75) is 32.2 Å². The van der Waals surface area contributed by atoms with Gasteiger partial charge in [0.05, 0.1) is 7.11 Å². The lowest BCUT2D eigenvalue weighted by Crippen LogP contribution is -2.52. The van der Waals surface area contributed by atoms with Gasteiger partial charge in [-0.25, -0.2) is 4.79 Å². The summed E-state index contributed by atoms with van der Waals surface area (Å²) in [6.07, 6.45) is 1.03. The van der Waals surface area contributed by atoms with Crippen molar-refractivity contribution in [3.63, 3.8) is 0 Å². The van der Waals surface area contributed by atoms with Gasteiger partial charge < -0.3 is 20.3 Å². The van der Waals surface area contributed by atoms with E-state index in [1.807, 2.05) is 6.92 Å².